The molecular formula is C73H100N8O7. The number of carbonyl (C=O) groups excluding carboxylic acids is 7. The highest BCUT2D eigenvalue weighted by atomic mass is 16.2. The predicted molar refractivity (Wildman–Crippen MR) is 348 cm³/mol. The Morgan fingerprint density at radius 1 is 0.545 bits per heavy atom. The Balaban J connectivity index is 0.935. The summed E-state index contributed by atoms with van der Waals surface area (Å²) in [6.07, 6.45) is 17.0. The number of benzene rings is 4. The number of nitrogens with zero attached hydrogens (tertiary/aromatic N) is 3. The van der Waals surface area contributed by atoms with Crippen molar-refractivity contribution in [3.63, 3.8) is 0 Å². The second kappa shape index (κ2) is 34.1. The Bertz CT molecular complexity index is 2820. The van der Waals surface area contributed by atoms with Crippen molar-refractivity contribution in [3.8, 4) is 0 Å². The lowest BCUT2D eigenvalue weighted by Crippen LogP contribution is -2.56. The molecule has 2 aliphatic carbocycles. The van der Waals surface area contributed by atoms with E-state index in [1.807, 2.05) is 147 Å². The number of rotatable bonds is 31. The van der Waals surface area contributed by atoms with Crippen LogP contribution < -0.4 is 27.0 Å². The summed E-state index contributed by atoms with van der Waals surface area (Å²) in [6, 6.07) is 35.2. The molecule has 4 aliphatic rings. The van der Waals surface area contributed by atoms with Gasteiger partial charge in [0.15, 0.2) is 5.78 Å². The summed E-state index contributed by atoms with van der Waals surface area (Å²) in [7, 11) is 1.75. The molecule has 2 aliphatic heterocycles. The maximum absolute atomic E-state index is 14.9. The number of carbonyl (C=O) groups is 7. The molecule has 6 N–H and O–H groups in total. The van der Waals surface area contributed by atoms with Gasteiger partial charge in [0, 0.05) is 56.1 Å². The van der Waals surface area contributed by atoms with Gasteiger partial charge in [-0.15, -0.1) is 0 Å². The molecule has 0 spiro atoms. The van der Waals surface area contributed by atoms with Crippen LogP contribution in [0, 0.1) is 23.7 Å². The summed E-state index contributed by atoms with van der Waals surface area (Å²) in [5.74, 6) is -2.41. The number of hydrogen-bond donors (Lipinski definition) is 5. The van der Waals surface area contributed by atoms with Gasteiger partial charge in [-0.3, -0.25) is 38.6 Å². The highest BCUT2D eigenvalue weighted by molar-refractivity contribution is 5.97. The molecule has 2 heterocycles. The highest BCUT2D eigenvalue weighted by Crippen LogP contribution is 2.37. The SMILES string of the molecule is CC[C@@H](C)C(=O)N[C@H](C(=O)N1CCC[C@H]1C(N)=N[C@H](C(=O)CCCCCCCNC(=O)[C@@H](NC(=O)C1CCCN1C(=O)[C@@H](CC(=O)[C@H](C)NC)C1CCCCC1)C(c1ccccc1)c1ccccc1)C(c1ccccc1)c1ccccc1)C1CCCCC1. The summed E-state index contributed by atoms with van der Waals surface area (Å²) >= 11 is 0. The quantitative estimate of drug-likeness (QED) is 0.0184. The summed E-state index contributed by atoms with van der Waals surface area (Å²) in [6.45, 7) is 6.99. The predicted octanol–water partition coefficient (Wildman–Crippen LogP) is 10.7. The van der Waals surface area contributed by atoms with E-state index in [0.29, 0.717) is 58.2 Å². The molecule has 88 heavy (non-hydrogen) atoms. The molecule has 0 aromatic heterocycles. The second-order valence-electron chi connectivity index (χ2n) is 25.6. The van der Waals surface area contributed by atoms with Gasteiger partial charge in [-0.05, 0) is 119 Å². The Kier molecular flexibility index (Phi) is 25.9. The number of ketones is 2. The van der Waals surface area contributed by atoms with Gasteiger partial charge in [0.1, 0.15) is 35.8 Å². The minimum atomic E-state index is -1.01. The average Bonchev–Trinajstić information content (AvgIpc) is 4.40. The Labute approximate surface area is 524 Å². The third-order valence-electron chi connectivity index (χ3n) is 19.7. The minimum Gasteiger partial charge on any atom is -0.386 e. The first-order chi connectivity index (χ1) is 42.8. The monoisotopic (exact) mass is 1200 g/mol. The zero-order valence-corrected chi connectivity index (χ0v) is 52.9. The lowest BCUT2D eigenvalue weighted by Gasteiger charge is -2.35. The molecule has 15 nitrogen and oxygen atoms in total. The number of amidine groups is 1. The zero-order valence-electron chi connectivity index (χ0n) is 52.9. The fourth-order valence-electron chi connectivity index (χ4n) is 14.2. The molecule has 474 valence electrons. The third-order valence-corrected chi connectivity index (χ3v) is 19.7. The van der Waals surface area contributed by atoms with E-state index in [1.54, 1.807) is 11.9 Å². The van der Waals surface area contributed by atoms with Gasteiger partial charge in [0.2, 0.25) is 29.5 Å². The fraction of sp³-hybridized carbons (Fsp3) is 0.562. The molecule has 0 radical (unpaired) electrons. The van der Waals surface area contributed by atoms with Crippen molar-refractivity contribution in [1.82, 2.24) is 31.1 Å². The first kappa shape index (κ1) is 66.9. The van der Waals surface area contributed by atoms with Crippen LogP contribution in [0.5, 0.6) is 0 Å². The number of nitrogens with two attached hydrogens (primary N) is 1. The van der Waals surface area contributed by atoms with Crippen molar-refractivity contribution in [2.75, 3.05) is 26.7 Å². The van der Waals surface area contributed by atoms with Crippen LogP contribution in [-0.2, 0) is 33.6 Å². The summed E-state index contributed by atoms with van der Waals surface area (Å²) in [4.78, 5) is 110. The van der Waals surface area contributed by atoms with Crippen molar-refractivity contribution >= 4 is 46.9 Å². The van der Waals surface area contributed by atoms with Crippen LogP contribution in [0.25, 0.3) is 0 Å². The number of likely N-dealkylation sites (N-methyl/N-ethyl adjacent to an activating group) is 1. The lowest BCUT2D eigenvalue weighted by molar-refractivity contribution is -0.145. The van der Waals surface area contributed by atoms with Gasteiger partial charge in [-0.1, -0.05) is 193 Å². The van der Waals surface area contributed by atoms with Crippen LogP contribution in [-0.4, -0.2) is 120 Å². The molecule has 8 atom stereocenters. The molecule has 4 aromatic rings. The number of hydrogen-bond acceptors (Lipinski definition) is 9. The molecule has 15 heteroatoms. The van der Waals surface area contributed by atoms with Crippen molar-refractivity contribution in [2.45, 2.75) is 210 Å². The number of unbranched alkanes of at least 4 members (excludes halogenated alkanes) is 4. The van der Waals surface area contributed by atoms with Gasteiger partial charge < -0.3 is 36.8 Å². The Morgan fingerprint density at radius 3 is 1.57 bits per heavy atom. The van der Waals surface area contributed by atoms with Crippen LogP contribution in [0.3, 0.4) is 0 Å². The van der Waals surface area contributed by atoms with Crippen LogP contribution in [0.4, 0.5) is 0 Å². The molecular weight excluding hydrogens is 1100 g/mol. The molecule has 5 amide bonds. The molecule has 4 fully saturated rings. The maximum atomic E-state index is 14.9. The number of Topliss-reactive ketones (excluding diaryl/α,β-unsaturated/α-hetero) is 2. The zero-order chi connectivity index (χ0) is 62.4. The molecule has 1 unspecified atom stereocenters. The van der Waals surface area contributed by atoms with E-state index in [-0.39, 0.29) is 83.6 Å². The topological polar surface area (TPSA) is 212 Å². The fourth-order valence-corrected chi connectivity index (χ4v) is 14.2. The number of aliphatic imine (C=N–C) groups is 1. The van der Waals surface area contributed by atoms with E-state index in [9.17, 15) is 33.6 Å². The van der Waals surface area contributed by atoms with Crippen LogP contribution >= 0.6 is 0 Å². The summed E-state index contributed by atoms with van der Waals surface area (Å²) < 4.78 is 0. The largest absolute Gasteiger partial charge is 0.386 e. The van der Waals surface area contributed by atoms with Crippen molar-refractivity contribution in [1.29, 1.82) is 0 Å². The standard InChI is InChI=1S/C73H100N8O7/c1-5-50(2)69(84)78-65(57-41-25-14-26-42-57)73(88)80-47-29-43-59(80)68(74)77-66(63(53-33-17-10-18-34-53)54-35-19-11-20-36-54)61(82)45-27-7-6-8-28-46-76-71(86)67(64(55-37-21-12-22-38-55)56-39-23-13-24-40-56)79-70(85)60-44-30-48-81(60)72(87)58(49-62(83)51(3)75-4)52-31-15-9-16-32-52/h10-13,17-24,33-40,50-52,57-60,63-67,75H,5-9,14-16,25-32,41-49H2,1-4H3,(H2,74,77)(H,76,86)(H,78,84)(H,79,85)/t50-,51+,58+,59+,60?,65+,66-,67+/m1/s1. The van der Waals surface area contributed by atoms with Gasteiger partial charge in [-0.25, -0.2) is 0 Å². The molecule has 8 rings (SSSR count). The highest BCUT2D eigenvalue weighted by Gasteiger charge is 2.44. The Hall–Kier alpha value is -7.00. The van der Waals surface area contributed by atoms with Crippen LogP contribution in [0.15, 0.2) is 126 Å². The van der Waals surface area contributed by atoms with E-state index in [2.05, 4.69) is 21.3 Å². The van der Waals surface area contributed by atoms with E-state index in [1.165, 1.54) is 0 Å². The molecule has 0 bridgehead atoms. The van der Waals surface area contributed by atoms with Gasteiger partial charge in [-0.2, -0.15) is 0 Å². The van der Waals surface area contributed by atoms with Crippen LogP contribution in [0.2, 0.25) is 0 Å². The molecule has 2 saturated heterocycles. The first-order valence-corrected chi connectivity index (χ1v) is 33.5. The third kappa shape index (κ3) is 17.9. The minimum absolute atomic E-state index is 0.00694. The molecule has 4 aromatic carbocycles. The van der Waals surface area contributed by atoms with E-state index < -0.39 is 48.0 Å². The van der Waals surface area contributed by atoms with E-state index in [0.717, 1.165) is 112 Å². The average molecular weight is 1200 g/mol. The summed E-state index contributed by atoms with van der Waals surface area (Å²) in [5, 5.41) is 12.6. The number of likely N-dealkylation sites (tertiary alicyclic amines) is 2. The number of amides is 5. The van der Waals surface area contributed by atoms with Crippen molar-refractivity contribution < 1.29 is 33.6 Å². The maximum Gasteiger partial charge on any atom is 0.246 e. The van der Waals surface area contributed by atoms with Crippen molar-refractivity contribution in [2.24, 2.45) is 34.4 Å². The van der Waals surface area contributed by atoms with Gasteiger partial charge >= 0.3 is 0 Å². The Morgan fingerprint density at radius 2 is 1.03 bits per heavy atom. The van der Waals surface area contributed by atoms with E-state index in [4.69, 9.17) is 10.7 Å². The van der Waals surface area contributed by atoms with E-state index >= 15 is 0 Å². The normalized spacial score (nSPS) is 19.8. The van der Waals surface area contributed by atoms with Crippen molar-refractivity contribution in [3.05, 3.63) is 144 Å². The summed E-state index contributed by atoms with van der Waals surface area (Å²) in [5.41, 5.74) is 10.7. The van der Waals surface area contributed by atoms with Gasteiger partial charge in [0.05, 0.1) is 12.1 Å². The number of nitrogens with one attached hydrogen (secondary N) is 4. The first-order valence-electron chi connectivity index (χ1n) is 33.5. The smallest absolute Gasteiger partial charge is 0.246 e. The lowest BCUT2D eigenvalue weighted by atomic mass is 9.76. The van der Waals surface area contributed by atoms with Crippen LogP contribution in [0.1, 0.15) is 196 Å². The van der Waals surface area contributed by atoms with Gasteiger partial charge in [0.25, 0.3) is 0 Å². The molecule has 2 saturated carbocycles. The second-order valence-corrected chi connectivity index (χ2v) is 25.6.